The Morgan fingerprint density at radius 2 is 2.47 bits per heavy atom. The lowest BCUT2D eigenvalue weighted by Gasteiger charge is -2.12. The number of methoxy groups -OCH3 is 1. The van der Waals surface area contributed by atoms with E-state index in [0.717, 1.165) is 11.4 Å². The summed E-state index contributed by atoms with van der Waals surface area (Å²) in [6.45, 7) is 5.32. The molecule has 17 heavy (non-hydrogen) atoms. The Morgan fingerprint density at radius 3 is 3.06 bits per heavy atom. The number of nitrogens with one attached hydrogen (secondary N) is 1. The molecule has 96 valence electrons. The first-order valence-corrected chi connectivity index (χ1v) is 6.40. The van der Waals surface area contributed by atoms with Gasteiger partial charge in [-0.3, -0.25) is 4.99 Å². The van der Waals surface area contributed by atoms with Crippen molar-refractivity contribution in [2.45, 2.75) is 26.3 Å². The number of nitrogens with zero attached hydrogens (tertiary/aromatic N) is 2. The van der Waals surface area contributed by atoms with Crippen LogP contribution in [0.25, 0.3) is 0 Å². The van der Waals surface area contributed by atoms with Gasteiger partial charge in [0, 0.05) is 37.2 Å². The molecule has 3 N–H and O–H groups in total. The summed E-state index contributed by atoms with van der Waals surface area (Å²) < 4.78 is 5.00. The van der Waals surface area contributed by atoms with Gasteiger partial charge in [0.1, 0.15) is 0 Å². The number of aryl methyl sites for hydroxylation is 1. The molecule has 0 radical (unpaired) electrons. The highest BCUT2D eigenvalue weighted by Gasteiger charge is 2.02. The predicted molar refractivity (Wildman–Crippen MR) is 71.5 cm³/mol. The Hall–Kier alpha value is -1.14. The van der Waals surface area contributed by atoms with Crippen molar-refractivity contribution in [2.75, 3.05) is 20.3 Å². The first-order valence-electron chi connectivity index (χ1n) is 5.58. The quantitative estimate of drug-likeness (QED) is 0.587. The van der Waals surface area contributed by atoms with Crippen molar-refractivity contribution < 1.29 is 4.74 Å². The van der Waals surface area contributed by atoms with Crippen LogP contribution < -0.4 is 11.1 Å². The zero-order valence-electron chi connectivity index (χ0n) is 10.6. The van der Waals surface area contributed by atoms with E-state index in [9.17, 15) is 0 Å². The molecule has 0 fully saturated rings. The topological polar surface area (TPSA) is 72.5 Å². The van der Waals surface area contributed by atoms with Gasteiger partial charge in [0.05, 0.1) is 11.6 Å². The smallest absolute Gasteiger partial charge is 0.188 e. The molecule has 5 nitrogen and oxygen atoms in total. The lowest BCUT2D eigenvalue weighted by molar-refractivity contribution is 0.179. The van der Waals surface area contributed by atoms with E-state index in [1.165, 1.54) is 4.88 Å². The molecule has 1 aromatic rings. The molecule has 1 atom stereocenters. The molecule has 0 aliphatic carbocycles. The molecule has 0 spiro atoms. The van der Waals surface area contributed by atoms with E-state index in [2.05, 4.69) is 15.3 Å². The Kier molecular flexibility index (Phi) is 5.93. The van der Waals surface area contributed by atoms with Crippen LogP contribution in [0.5, 0.6) is 0 Å². The summed E-state index contributed by atoms with van der Waals surface area (Å²) in [5.74, 6) is 0.461. The standard InChI is InChI=1S/C11H20N4OS/c1-8(7-16-3)15-11(12)13-5-4-10-14-6-9(2)17-10/h6,8H,4-5,7H2,1-3H3,(H3,12,13,15). The van der Waals surface area contributed by atoms with Crippen molar-refractivity contribution in [3.05, 3.63) is 16.1 Å². The largest absolute Gasteiger partial charge is 0.383 e. The van der Waals surface area contributed by atoms with Crippen LogP contribution in [0.15, 0.2) is 11.2 Å². The molecule has 0 saturated carbocycles. The van der Waals surface area contributed by atoms with Gasteiger partial charge in [0.25, 0.3) is 0 Å². The molecule has 0 aliphatic heterocycles. The summed E-state index contributed by atoms with van der Waals surface area (Å²) in [5.41, 5.74) is 5.74. The van der Waals surface area contributed by atoms with Crippen molar-refractivity contribution in [2.24, 2.45) is 10.7 Å². The van der Waals surface area contributed by atoms with Crippen LogP contribution in [0.4, 0.5) is 0 Å². The second kappa shape index (κ2) is 7.24. The average Bonchev–Trinajstić information content (AvgIpc) is 2.64. The second-order valence-corrected chi connectivity index (χ2v) is 5.20. The number of hydrogen-bond acceptors (Lipinski definition) is 4. The maximum absolute atomic E-state index is 5.74. The van der Waals surface area contributed by atoms with Gasteiger partial charge in [0.2, 0.25) is 0 Å². The van der Waals surface area contributed by atoms with E-state index >= 15 is 0 Å². The molecular weight excluding hydrogens is 236 g/mol. The maximum Gasteiger partial charge on any atom is 0.188 e. The highest BCUT2D eigenvalue weighted by atomic mass is 32.1. The number of thiazole rings is 1. The zero-order valence-corrected chi connectivity index (χ0v) is 11.4. The van der Waals surface area contributed by atoms with Gasteiger partial charge < -0.3 is 15.8 Å². The van der Waals surface area contributed by atoms with Crippen LogP contribution in [0, 0.1) is 6.92 Å². The van der Waals surface area contributed by atoms with Crippen LogP contribution >= 0.6 is 11.3 Å². The van der Waals surface area contributed by atoms with Gasteiger partial charge in [-0.05, 0) is 13.8 Å². The minimum Gasteiger partial charge on any atom is -0.383 e. The van der Waals surface area contributed by atoms with E-state index in [-0.39, 0.29) is 6.04 Å². The number of nitrogens with two attached hydrogens (primary N) is 1. The van der Waals surface area contributed by atoms with Crippen LogP contribution in [0.2, 0.25) is 0 Å². The highest BCUT2D eigenvalue weighted by Crippen LogP contribution is 2.11. The normalized spacial score (nSPS) is 13.7. The molecule has 6 heteroatoms. The van der Waals surface area contributed by atoms with Crippen LogP contribution in [0.3, 0.4) is 0 Å². The molecule has 0 amide bonds. The summed E-state index contributed by atoms with van der Waals surface area (Å²) in [6.07, 6.45) is 2.71. The maximum atomic E-state index is 5.74. The highest BCUT2D eigenvalue weighted by molar-refractivity contribution is 7.11. The Morgan fingerprint density at radius 1 is 1.71 bits per heavy atom. The number of rotatable bonds is 6. The molecule has 0 saturated heterocycles. The first kappa shape index (κ1) is 13.9. The van der Waals surface area contributed by atoms with Gasteiger partial charge in [0.15, 0.2) is 5.96 Å². The molecular formula is C11H20N4OS. The van der Waals surface area contributed by atoms with Crippen molar-refractivity contribution in [3.8, 4) is 0 Å². The Balaban J connectivity index is 2.28. The number of aromatic nitrogens is 1. The summed E-state index contributed by atoms with van der Waals surface area (Å²) in [4.78, 5) is 9.74. The molecule has 1 aromatic heterocycles. The molecule has 0 aromatic carbocycles. The lowest BCUT2D eigenvalue weighted by Crippen LogP contribution is -2.40. The Labute approximate surface area is 106 Å². The molecule has 1 heterocycles. The van der Waals surface area contributed by atoms with E-state index in [1.54, 1.807) is 18.4 Å². The number of aliphatic imine (C=N–C) groups is 1. The number of ether oxygens (including phenoxy) is 1. The van der Waals surface area contributed by atoms with Crippen LogP contribution in [0.1, 0.15) is 16.8 Å². The summed E-state index contributed by atoms with van der Waals surface area (Å²) >= 11 is 1.70. The van der Waals surface area contributed by atoms with Gasteiger partial charge >= 0.3 is 0 Å². The molecule has 1 rings (SSSR count). The van der Waals surface area contributed by atoms with Crippen molar-refractivity contribution in [1.82, 2.24) is 10.3 Å². The fourth-order valence-electron chi connectivity index (χ4n) is 1.38. The van der Waals surface area contributed by atoms with Crippen molar-refractivity contribution in [1.29, 1.82) is 0 Å². The third-order valence-electron chi connectivity index (χ3n) is 2.09. The third kappa shape index (κ3) is 5.65. The molecule has 0 bridgehead atoms. The summed E-state index contributed by atoms with van der Waals surface area (Å²) in [7, 11) is 1.66. The van der Waals surface area contributed by atoms with Crippen molar-refractivity contribution in [3.63, 3.8) is 0 Å². The van der Waals surface area contributed by atoms with Crippen molar-refractivity contribution >= 4 is 17.3 Å². The average molecular weight is 256 g/mol. The molecule has 1 unspecified atom stereocenters. The second-order valence-electron chi connectivity index (χ2n) is 3.88. The number of guanidine groups is 1. The minimum atomic E-state index is 0.172. The monoisotopic (exact) mass is 256 g/mol. The van der Waals surface area contributed by atoms with E-state index in [1.807, 2.05) is 20.0 Å². The summed E-state index contributed by atoms with van der Waals surface area (Å²) in [5, 5.41) is 4.16. The summed E-state index contributed by atoms with van der Waals surface area (Å²) in [6, 6.07) is 0.172. The fourth-order valence-corrected chi connectivity index (χ4v) is 2.15. The van der Waals surface area contributed by atoms with Gasteiger partial charge in [-0.15, -0.1) is 11.3 Å². The van der Waals surface area contributed by atoms with E-state index in [4.69, 9.17) is 10.5 Å². The van der Waals surface area contributed by atoms with E-state index in [0.29, 0.717) is 19.1 Å². The van der Waals surface area contributed by atoms with Crippen LogP contribution in [-0.4, -0.2) is 37.2 Å². The third-order valence-corrected chi connectivity index (χ3v) is 3.06. The minimum absolute atomic E-state index is 0.172. The van der Waals surface area contributed by atoms with Gasteiger partial charge in [-0.1, -0.05) is 0 Å². The van der Waals surface area contributed by atoms with Gasteiger partial charge in [-0.2, -0.15) is 0 Å². The first-order chi connectivity index (χ1) is 8.11. The van der Waals surface area contributed by atoms with Gasteiger partial charge in [-0.25, -0.2) is 4.98 Å². The lowest BCUT2D eigenvalue weighted by atomic mass is 10.4. The fraction of sp³-hybridized carbons (Fsp3) is 0.636. The Bertz CT molecular complexity index is 364. The SMILES string of the molecule is COCC(C)NC(N)=NCCc1ncc(C)s1. The zero-order chi connectivity index (χ0) is 12.7. The molecule has 0 aliphatic rings. The van der Waals surface area contributed by atoms with Crippen LogP contribution in [-0.2, 0) is 11.2 Å². The predicted octanol–water partition coefficient (Wildman–Crippen LogP) is 0.933. The van der Waals surface area contributed by atoms with E-state index < -0.39 is 0 Å². The number of hydrogen-bond donors (Lipinski definition) is 2.